The van der Waals surface area contributed by atoms with E-state index in [1.165, 1.54) is 0 Å². The van der Waals surface area contributed by atoms with Gasteiger partial charge < -0.3 is 23.7 Å². The molecule has 6 nitrogen and oxygen atoms in total. The Morgan fingerprint density at radius 1 is 0.600 bits per heavy atom. The van der Waals surface area contributed by atoms with Gasteiger partial charge in [-0.3, -0.25) is 0 Å². The SMILES string of the molecule is Cc1cc(C2OC(COCc3ccccc3)C(OCc3ccccc3)C2OCc2ccccc2)cnc1OCc1ccccc1. The molecular weight excluding hydrogens is 562 g/mol. The van der Waals surface area contributed by atoms with Gasteiger partial charge in [0, 0.05) is 17.3 Å². The summed E-state index contributed by atoms with van der Waals surface area (Å²) in [4.78, 5) is 4.71. The smallest absolute Gasteiger partial charge is 0.216 e. The summed E-state index contributed by atoms with van der Waals surface area (Å²) < 4.78 is 32.3. The van der Waals surface area contributed by atoms with Gasteiger partial charge in [0.25, 0.3) is 0 Å². The summed E-state index contributed by atoms with van der Waals surface area (Å²) in [5.41, 5.74) is 6.21. The number of aryl methyl sites for hydroxylation is 1. The molecule has 0 N–H and O–H groups in total. The van der Waals surface area contributed by atoms with Crippen molar-refractivity contribution in [2.75, 3.05) is 6.61 Å². The molecule has 6 rings (SSSR count). The molecule has 1 fully saturated rings. The van der Waals surface area contributed by atoms with Crippen LogP contribution in [0.4, 0.5) is 0 Å². The van der Waals surface area contributed by atoms with Gasteiger partial charge in [-0.2, -0.15) is 0 Å². The lowest BCUT2D eigenvalue weighted by molar-refractivity contribution is -0.0898. The minimum Gasteiger partial charge on any atom is -0.473 e. The first kappa shape index (κ1) is 30.7. The fourth-order valence-electron chi connectivity index (χ4n) is 5.53. The number of hydrogen-bond acceptors (Lipinski definition) is 6. The van der Waals surface area contributed by atoms with Crippen molar-refractivity contribution in [1.29, 1.82) is 0 Å². The van der Waals surface area contributed by atoms with Crippen molar-refractivity contribution < 1.29 is 23.7 Å². The summed E-state index contributed by atoms with van der Waals surface area (Å²) in [7, 11) is 0. The molecule has 4 unspecified atom stereocenters. The highest BCUT2D eigenvalue weighted by Crippen LogP contribution is 2.39. The van der Waals surface area contributed by atoms with Crippen LogP contribution in [0.2, 0.25) is 0 Å². The van der Waals surface area contributed by atoms with E-state index < -0.39 is 12.2 Å². The van der Waals surface area contributed by atoms with E-state index in [0.717, 1.165) is 33.4 Å². The topological polar surface area (TPSA) is 59.0 Å². The molecule has 2 heterocycles. The fourth-order valence-corrected chi connectivity index (χ4v) is 5.53. The molecule has 5 aromatic rings. The van der Waals surface area contributed by atoms with Crippen LogP contribution in [-0.2, 0) is 45.4 Å². The van der Waals surface area contributed by atoms with E-state index in [4.69, 9.17) is 28.7 Å². The number of nitrogens with zero attached hydrogens (tertiary/aromatic N) is 1. The first-order valence-electron chi connectivity index (χ1n) is 15.4. The Bertz CT molecular complexity index is 1580. The second-order valence-corrected chi connectivity index (χ2v) is 11.3. The number of ether oxygens (including phenoxy) is 5. The molecule has 1 aromatic heterocycles. The zero-order valence-electron chi connectivity index (χ0n) is 25.5. The Kier molecular flexibility index (Phi) is 10.6. The van der Waals surface area contributed by atoms with Gasteiger partial charge in [0.1, 0.15) is 31.0 Å². The number of benzene rings is 4. The average molecular weight is 602 g/mol. The van der Waals surface area contributed by atoms with Gasteiger partial charge in [0.15, 0.2) is 0 Å². The maximum absolute atomic E-state index is 6.76. The van der Waals surface area contributed by atoms with E-state index in [-0.39, 0.29) is 12.2 Å². The number of hydrogen-bond donors (Lipinski definition) is 0. The third kappa shape index (κ3) is 8.44. The highest BCUT2D eigenvalue weighted by atomic mass is 16.6. The van der Waals surface area contributed by atoms with Gasteiger partial charge in [-0.25, -0.2) is 4.98 Å². The van der Waals surface area contributed by atoms with Crippen LogP contribution in [0.1, 0.15) is 39.5 Å². The first-order valence-corrected chi connectivity index (χ1v) is 15.4. The molecule has 45 heavy (non-hydrogen) atoms. The number of aromatic nitrogens is 1. The lowest BCUT2D eigenvalue weighted by atomic mass is 10.0. The van der Waals surface area contributed by atoms with Gasteiger partial charge in [0.05, 0.1) is 26.4 Å². The van der Waals surface area contributed by atoms with Crippen LogP contribution in [-0.4, -0.2) is 29.9 Å². The van der Waals surface area contributed by atoms with Crippen molar-refractivity contribution in [2.24, 2.45) is 0 Å². The monoisotopic (exact) mass is 601 g/mol. The van der Waals surface area contributed by atoms with E-state index in [1.807, 2.05) is 98.0 Å². The third-order valence-electron chi connectivity index (χ3n) is 7.87. The molecule has 0 amide bonds. The van der Waals surface area contributed by atoms with Crippen LogP contribution in [0, 0.1) is 6.92 Å². The minimum absolute atomic E-state index is 0.350. The summed E-state index contributed by atoms with van der Waals surface area (Å²) in [6.07, 6.45) is 0.311. The van der Waals surface area contributed by atoms with Crippen molar-refractivity contribution >= 4 is 0 Å². The van der Waals surface area contributed by atoms with Gasteiger partial charge >= 0.3 is 0 Å². The van der Waals surface area contributed by atoms with E-state index in [2.05, 4.69) is 42.5 Å². The Balaban J connectivity index is 1.24. The second-order valence-electron chi connectivity index (χ2n) is 11.3. The molecule has 0 saturated carbocycles. The number of rotatable bonds is 14. The molecule has 1 saturated heterocycles. The Labute approximate surface area is 265 Å². The van der Waals surface area contributed by atoms with Crippen molar-refractivity contribution in [3.63, 3.8) is 0 Å². The third-order valence-corrected chi connectivity index (χ3v) is 7.87. The van der Waals surface area contributed by atoms with E-state index in [0.29, 0.717) is 38.9 Å². The standard InChI is InChI=1S/C39H39NO5/c1-29-22-34(23-40-39(29)44-27-33-20-12-5-13-21-33)36-38(43-26-32-18-10-4-11-19-32)37(42-25-31-16-8-3-9-17-31)35(45-36)28-41-24-30-14-6-2-7-15-30/h2-23,35-38H,24-28H2,1H3. The van der Waals surface area contributed by atoms with Crippen LogP contribution < -0.4 is 4.74 Å². The van der Waals surface area contributed by atoms with Crippen LogP contribution in [0.5, 0.6) is 5.88 Å². The quantitative estimate of drug-likeness (QED) is 0.129. The molecule has 6 heteroatoms. The molecular formula is C39H39NO5. The maximum atomic E-state index is 6.76. The molecule has 4 atom stereocenters. The largest absolute Gasteiger partial charge is 0.473 e. The van der Waals surface area contributed by atoms with Gasteiger partial charge in [-0.1, -0.05) is 121 Å². The van der Waals surface area contributed by atoms with Gasteiger partial charge in [-0.15, -0.1) is 0 Å². The molecule has 0 aliphatic carbocycles. The Hall–Kier alpha value is -4.33. The molecule has 0 radical (unpaired) electrons. The zero-order valence-corrected chi connectivity index (χ0v) is 25.5. The molecule has 0 spiro atoms. The van der Waals surface area contributed by atoms with Crippen molar-refractivity contribution in [1.82, 2.24) is 4.98 Å². The summed E-state index contributed by atoms with van der Waals surface area (Å²) in [5, 5.41) is 0. The van der Waals surface area contributed by atoms with Gasteiger partial charge in [0.2, 0.25) is 5.88 Å². The first-order chi connectivity index (χ1) is 22.2. The maximum Gasteiger partial charge on any atom is 0.216 e. The fraction of sp³-hybridized carbons (Fsp3) is 0.256. The number of pyridine rings is 1. The average Bonchev–Trinajstić information content (AvgIpc) is 3.44. The highest BCUT2D eigenvalue weighted by molar-refractivity contribution is 5.31. The molecule has 1 aliphatic heterocycles. The zero-order chi connectivity index (χ0) is 30.7. The highest BCUT2D eigenvalue weighted by Gasteiger charge is 2.47. The minimum atomic E-state index is -0.408. The van der Waals surface area contributed by atoms with Crippen LogP contribution in [0.25, 0.3) is 0 Å². The summed E-state index contributed by atoms with van der Waals surface area (Å²) in [6, 6.07) is 42.7. The van der Waals surface area contributed by atoms with E-state index in [9.17, 15) is 0 Å². The van der Waals surface area contributed by atoms with Crippen molar-refractivity contribution in [3.05, 3.63) is 167 Å². The predicted octanol–water partition coefficient (Wildman–Crippen LogP) is 7.80. The molecule has 230 valence electrons. The van der Waals surface area contributed by atoms with E-state index >= 15 is 0 Å². The van der Waals surface area contributed by atoms with Gasteiger partial charge in [-0.05, 0) is 35.2 Å². The predicted molar refractivity (Wildman–Crippen MR) is 173 cm³/mol. The second kappa shape index (κ2) is 15.6. The van der Waals surface area contributed by atoms with Crippen molar-refractivity contribution in [3.8, 4) is 5.88 Å². The van der Waals surface area contributed by atoms with Crippen LogP contribution in [0.15, 0.2) is 134 Å². The lowest BCUT2D eigenvalue weighted by Crippen LogP contribution is -2.37. The van der Waals surface area contributed by atoms with Crippen LogP contribution in [0.3, 0.4) is 0 Å². The Morgan fingerprint density at radius 2 is 1.09 bits per heavy atom. The normalized spacial score (nSPS) is 19.4. The molecule has 1 aliphatic rings. The molecule has 0 bridgehead atoms. The lowest BCUT2D eigenvalue weighted by Gasteiger charge is -2.25. The van der Waals surface area contributed by atoms with E-state index in [1.54, 1.807) is 0 Å². The summed E-state index contributed by atoms with van der Waals surface area (Å²) in [5.74, 6) is 0.599. The Morgan fingerprint density at radius 3 is 1.62 bits per heavy atom. The van der Waals surface area contributed by atoms with Crippen LogP contribution >= 0.6 is 0 Å². The summed E-state index contributed by atoms with van der Waals surface area (Å²) >= 11 is 0. The molecule has 4 aromatic carbocycles. The van der Waals surface area contributed by atoms with Crippen molar-refractivity contribution in [2.45, 2.75) is 57.8 Å². The summed E-state index contributed by atoms with van der Waals surface area (Å²) in [6.45, 7) is 4.17.